The number of carboxylic acids is 1. The van der Waals surface area contributed by atoms with Crippen LogP contribution < -0.4 is 4.72 Å². The van der Waals surface area contributed by atoms with Crippen LogP contribution >= 0.6 is 11.6 Å². The summed E-state index contributed by atoms with van der Waals surface area (Å²) < 4.78 is 25.7. The summed E-state index contributed by atoms with van der Waals surface area (Å²) in [4.78, 5) is 24.7. The van der Waals surface area contributed by atoms with Gasteiger partial charge in [-0.1, -0.05) is 11.6 Å². The van der Waals surface area contributed by atoms with Gasteiger partial charge in [-0.05, 0) is 31.7 Å². The lowest BCUT2D eigenvalue weighted by atomic mass is 10.1. The Kier molecular flexibility index (Phi) is 4.74. The van der Waals surface area contributed by atoms with Gasteiger partial charge in [0.25, 0.3) is 5.91 Å². The third kappa shape index (κ3) is 3.23. The Morgan fingerprint density at radius 2 is 2.09 bits per heavy atom. The molecule has 1 aliphatic heterocycles. The van der Waals surface area contributed by atoms with Gasteiger partial charge in [-0.3, -0.25) is 9.59 Å². The Bertz CT molecular complexity index is 719. The smallest absolute Gasteiger partial charge is 0.308 e. The fourth-order valence-corrected chi connectivity index (χ4v) is 3.22. The Hall–Kier alpha value is -1.64. The fraction of sp³-hybridized carbons (Fsp3) is 0.385. The predicted octanol–water partition coefficient (Wildman–Crippen LogP) is 0.795. The Morgan fingerprint density at radius 1 is 1.41 bits per heavy atom. The second kappa shape index (κ2) is 6.23. The quantitative estimate of drug-likeness (QED) is 0.839. The van der Waals surface area contributed by atoms with Gasteiger partial charge in [-0.25, -0.2) is 13.1 Å². The number of amides is 1. The first-order valence-electron chi connectivity index (χ1n) is 6.51. The van der Waals surface area contributed by atoms with Crippen molar-refractivity contribution in [1.29, 1.82) is 0 Å². The van der Waals surface area contributed by atoms with E-state index in [0.29, 0.717) is 13.0 Å². The van der Waals surface area contributed by atoms with E-state index in [2.05, 4.69) is 4.72 Å². The summed E-state index contributed by atoms with van der Waals surface area (Å²) in [5, 5.41) is 9.09. The van der Waals surface area contributed by atoms with Crippen LogP contribution in [0.1, 0.15) is 16.8 Å². The SMILES string of the molecule is CNS(=O)(=O)c1ccc(Cl)c(C(=O)N2CC[C@@H](C(=O)O)C2)c1. The highest BCUT2D eigenvalue weighted by atomic mass is 35.5. The third-order valence-corrected chi connectivity index (χ3v) is 5.31. The molecule has 1 fully saturated rings. The zero-order chi connectivity index (χ0) is 16.5. The third-order valence-electron chi connectivity index (χ3n) is 3.57. The van der Waals surface area contributed by atoms with Crippen LogP contribution in [-0.2, 0) is 14.8 Å². The average Bonchev–Trinajstić information content (AvgIpc) is 2.97. The standard InChI is InChI=1S/C13H15ClN2O5S/c1-15-22(20,21)9-2-3-11(14)10(6-9)12(17)16-5-4-8(7-16)13(18)19/h2-3,6,8,15H,4-5,7H2,1H3,(H,18,19)/t8-/m1/s1. The molecule has 22 heavy (non-hydrogen) atoms. The number of rotatable bonds is 4. The molecule has 1 aromatic carbocycles. The van der Waals surface area contributed by atoms with Crippen molar-refractivity contribution < 1.29 is 23.1 Å². The van der Waals surface area contributed by atoms with E-state index in [4.69, 9.17) is 16.7 Å². The number of nitrogens with one attached hydrogen (secondary N) is 1. The number of carbonyl (C=O) groups excluding carboxylic acids is 1. The van der Waals surface area contributed by atoms with E-state index in [0.717, 1.165) is 0 Å². The maximum atomic E-state index is 12.4. The van der Waals surface area contributed by atoms with Gasteiger partial charge in [0.2, 0.25) is 10.0 Å². The van der Waals surface area contributed by atoms with Crippen LogP contribution in [-0.4, -0.2) is 50.4 Å². The Labute approximate surface area is 132 Å². The molecular weight excluding hydrogens is 332 g/mol. The van der Waals surface area contributed by atoms with Crippen molar-refractivity contribution >= 4 is 33.5 Å². The van der Waals surface area contributed by atoms with Crippen LogP contribution in [0, 0.1) is 5.92 Å². The lowest BCUT2D eigenvalue weighted by Crippen LogP contribution is -2.30. The molecule has 0 radical (unpaired) electrons. The van der Waals surface area contributed by atoms with Crippen molar-refractivity contribution in [3.8, 4) is 0 Å². The summed E-state index contributed by atoms with van der Waals surface area (Å²) in [5.74, 6) is -2.03. The van der Waals surface area contributed by atoms with Crippen LogP contribution in [0.2, 0.25) is 5.02 Å². The van der Waals surface area contributed by atoms with E-state index in [9.17, 15) is 18.0 Å². The summed E-state index contributed by atoms with van der Waals surface area (Å²) in [6.07, 6.45) is 0.368. The number of sulfonamides is 1. The van der Waals surface area contributed by atoms with Crippen LogP contribution in [0.5, 0.6) is 0 Å². The number of carbonyl (C=O) groups is 2. The van der Waals surface area contributed by atoms with Gasteiger partial charge in [0, 0.05) is 13.1 Å². The highest BCUT2D eigenvalue weighted by Gasteiger charge is 2.32. The number of aliphatic carboxylic acids is 1. The van der Waals surface area contributed by atoms with Crippen molar-refractivity contribution in [3.05, 3.63) is 28.8 Å². The van der Waals surface area contributed by atoms with Gasteiger partial charge in [0.05, 0.1) is 21.4 Å². The molecule has 0 aromatic heterocycles. The van der Waals surface area contributed by atoms with Gasteiger partial charge in [0.1, 0.15) is 0 Å². The highest BCUT2D eigenvalue weighted by molar-refractivity contribution is 7.89. The molecule has 0 aliphatic carbocycles. The molecule has 2 rings (SSSR count). The zero-order valence-corrected chi connectivity index (χ0v) is 13.3. The second-order valence-electron chi connectivity index (χ2n) is 4.92. The first-order chi connectivity index (χ1) is 10.3. The summed E-state index contributed by atoms with van der Waals surface area (Å²) >= 11 is 5.98. The maximum Gasteiger partial charge on any atom is 0.308 e. The van der Waals surface area contributed by atoms with Crippen LogP contribution in [0.25, 0.3) is 0 Å². The summed E-state index contributed by atoms with van der Waals surface area (Å²) in [6, 6.07) is 3.84. The van der Waals surface area contributed by atoms with Crippen LogP contribution in [0.4, 0.5) is 0 Å². The molecule has 1 heterocycles. The van der Waals surface area contributed by atoms with Crippen LogP contribution in [0.3, 0.4) is 0 Å². The van der Waals surface area contributed by atoms with E-state index in [1.807, 2.05) is 0 Å². The number of carboxylic acid groups (broad SMARTS) is 1. The number of likely N-dealkylation sites (tertiary alicyclic amines) is 1. The highest BCUT2D eigenvalue weighted by Crippen LogP contribution is 2.25. The Morgan fingerprint density at radius 3 is 2.64 bits per heavy atom. The molecule has 1 saturated heterocycles. The molecule has 7 nitrogen and oxygen atoms in total. The molecule has 9 heteroatoms. The Balaban J connectivity index is 2.31. The normalized spacial score (nSPS) is 18.5. The van der Waals surface area contributed by atoms with Crippen molar-refractivity contribution in [2.45, 2.75) is 11.3 Å². The molecular formula is C13H15ClN2O5S. The molecule has 1 aromatic rings. The first kappa shape index (κ1) is 16.7. The van der Waals surface area contributed by atoms with Gasteiger partial charge >= 0.3 is 5.97 Å². The maximum absolute atomic E-state index is 12.4. The molecule has 120 valence electrons. The lowest BCUT2D eigenvalue weighted by Gasteiger charge is -2.17. The van der Waals surface area contributed by atoms with Crippen LogP contribution in [0.15, 0.2) is 23.1 Å². The lowest BCUT2D eigenvalue weighted by molar-refractivity contribution is -0.141. The second-order valence-corrected chi connectivity index (χ2v) is 7.22. The minimum absolute atomic E-state index is 0.0454. The summed E-state index contributed by atoms with van der Waals surface area (Å²) in [7, 11) is -2.42. The molecule has 0 spiro atoms. The molecule has 1 atom stereocenters. The van der Waals surface area contributed by atoms with Crippen molar-refractivity contribution in [1.82, 2.24) is 9.62 Å². The van der Waals surface area contributed by atoms with E-state index >= 15 is 0 Å². The number of nitrogens with zero attached hydrogens (tertiary/aromatic N) is 1. The topological polar surface area (TPSA) is 104 Å². The van der Waals surface area contributed by atoms with Gasteiger partial charge < -0.3 is 10.0 Å². The predicted molar refractivity (Wildman–Crippen MR) is 79.3 cm³/mol. The minimum Gasteiger partial charge on any atom is -0.481 e. The number of hydrogen-bond donors (Lipinski definition) is 2. The van der Waals surface area contributed by atoms with Crippen molar-refractivity contribution in [2.24, 2.45) is 5.92 Å². The van der Waals surface area contributed by atoms with Crippen molar-refractivity contribution in [3.63, 3.8) is 0 Å². The van der Waals surface area contributed by atoms with Crippen molar-refractivity contribution in [2.75, 3.05) is 20.1 Å². The molecule has 1 aliphatic rings. The van der Waals surface area contributed by atoms with E-state index in [1.54, 1.807) is 0 Å². The van der Waals surface area contributed by atoms with Gasteiger partial charge in [0.15, 0.2) is 0 Å². The number of hydrogen-bond acceptors (Lipinski definition) is 4. The molecule has 0 saturated carbocycles. The van der Waals surface area contributed by atoms with E-state index in [-0.39, 0.29) is 22.0 Å². The van der Waals surface area contributed by atoms with E-state index < -0.39 is 27.8 Å². The summed E-state index contributed by atoms with van der Waals surface area (Å²) in [6.45, 7) is 0.392. The van der Waals surface area contributed by atoms with Gasteiger partial charge in [-0.2, -0.15) is 0 Å². The molecule has 1 amide bonds. The number of benzene rings is 1. The first-order valence-corrected chi connectivity index (χ1v) is 8.37. The molecule has 2 N–H and O–H groups in total. The zero-order valence-electron chi connectivity index (χ0n) is 11.7. The minimum atomic E-state index is -3.69. The number of halogens is 1. The average molecular weight is 347 g/mol. The fourth-order valence-electron chi connectivity index (χ4n) is 2.27. The van der Waals surface area contributed by atoms with E-state index in [1.165, 1.54) is 30.1 Å². The van der Waals surface area contributed by atoms with Gasteiger partial charge in [-0.15, -0.1) is 0 Å². The largest absolute Gasteiger partial charge is 0.481 e. The monoisotopic (exact) mass is 346 g/mol. The molecule has 0 bridgehead atoms. The summed E-state index contributed by atoms with van der Waals surface area (Å²) in [5.41, 5.74) is 0.0454. The molecule has 0 unspecified atom stereocenters.